The summed E-state index contributed by atoms with van der Waals surface area (Å²) in [5.41, 5.74) is 2.31. The highest BCUT2D eigenvalue weighted by Gasteiger charge is 1.94. The third-order valence-electron chi connectivity index (χ3n) is 1.52. The zero-order valence-electron chi connectivity index (χ0n) is 6.02. The van der Waals surface area contributed by atoms with E-state index in [-0.39, 0.29) is 0 Å². The molecule has 0 fully saturated rings. The van der Waals surface area contributed by atoms with Crippen molar-refractivity contribution >= 4 is 11.6 Å². The molecule has 0 aliphatic carbocycles. The van der Waals surface area contributed by atoms with Gasteiger partial charge in [0.05, 0.1) is 0 Å². The minimum Gasteiger partial charge on any atom is -0.0840 e. The van der Waals surface area contributed by atoms with Crippen LogP contribution in [0.2, 0.25) is 5.02 Å². The van der Waals surface area contributed by atoms with Gasteiger partial charge in [0, 0.05) is 5.02 Å². The van der Waals surface area contributed by atoms with Crippen LogP contribution in [0.25, 0.3) is 0 Å². The van der Waals surface area contributed by atoms with Crippen LogP contribution in [-0.2, 0) is 6.42 Å². The van der Waals surface area contributed by atoms with Gasteiger partial charge in [-0.05, 0) is 37.5 Å². The van der Waals surface area contributed by atoms with Gasteiger partial charge in [-0.15, -0.1) is 0 Å². The van der Waals surface area contributed by atoms with E-state index in [1.165, 1.54) is 5.56 Å². The van der Waals surface area contributed by atoms with E-state index in [0.29, 0.717) is 0 Å². The second-order valence-corrected chi connectivity index (χ2v) is 2.74. The van der Waals surface area contributed by atoms with E-state index in [4.69, 9.17) is 11.6 Å². The Kier molecular flexibility index (Phi) is 2.34. The molecule has 1 aromatic rings. The van der Waals surface area contributed by atoms with Crippen LogP contribution in [0.4, 0.5) is 0 Å². The zero-order chi connectivity index (χ0) is 7.56. The minimum absolute atomic E-state index is 0.806. The normalized spacial score (nSPS) is 9.90. The van der Waals surface area contributed by atoms with Crippen molar-refractivity contribution in [1.29, 1.82) is 0 Å². The molecule has 1 rings (SSSR count). The largest absolute Gasteiger partial charge is 0.0840 e. The maximum absolute atomic E-state index is 5.86. The van der Waals surface area contributed by atoms with Gasteiger partial charge in [0.1, 0.15) is 0 Å². The van der Waals surface area contributed by atoms with Gasteiger partial charge in [-0.1, -0.05) is 23.7 Å². The van der Waals surface area contributed by atoms with E-state index < -0.39 is 0 Å². The van der Waals surface area contributed by atoms with Crippen LogP contribution in [0.5, 0.6) is 0 Å². The van der Waals surface area contributed by atoms with E-state index in [9.17, 15) is 0 Å². The van der Waals surface area contributed by atoms with E-state index >= 15 is 0 Å². The molecular weight excluding hydrogens is 144 g/mol. The van der Waals surface area contributed by atoms with Gasteiger partial charge >= 0.3 is 0 Å². The molecular formula is C9H10Cl. The number of rotatable bonds is 1. The molecule has 1 aromatic carbocycles. The Morgan fingerprint density at radius 3 is 2.70 bits per heavy atom. The van der Waals surface area contributed by atoms with Gasteiger partial charge in [0.15, 0.2) is 0 Å². The first kappa shape index (κ1) is 7.62. The zero-order valence-corrected chi connectivity index (χ0v) is 6.78. The van der Waals surface area contributed by atoms with Crippen molar-refractivity contribution in [2.45, 2.75) is 13.3 Å². The number of aryl methyl sites for hydroxylation is 1. The highest BCUT2D eigenvalue weighted by Crippen LogP contribution is 2.16. The summed E-state index contributed by atoms with van der Waals surface area (Å²) in [5, 5.41) is 0.834. The maximum Gasteiger partial charge on any atom is 0.0437 e. The fourth-order valence-electron chi connectivity index (χ4n) is 0.792. The van der Waals surface area contributed by atoms with Gasteiger partial charge in [-0.2, -0.15) is 0 Å². The molecule has 0 unspecified atom stereocenters. The lowest BCUT2D eigenvalue weighted by atomic mass is 10.1. The first-order valence-corrected chi connectivity index (χ1v) is 3.66. The Labute approximate surface area is 66.8 Å². The molecule has 0 aliphatic rings. The number of benzene rings is 1. The van der Waals surface area contributed by atoms with Crippen molar-refractivity contribution in [1.82, 2.24) is 0 Å². The Morgan fingerprint density at radius 2 is 2.20 bits per heavy atom. The fraction of sp³-hybridized carbons (Fsp3) is 0.222. The van der Waals surface area contributed by atoms with Gasteiger partial charge in [-0.25, -0.2) is 0 Å². The summed E-state index contributed by atoms with van der Waals surface area (Å²) >= 11 is 5.86. The number of hydrogen-bond donors (Lipinski definition) is 0. The molecule has 0 nitrogen and oxygen atoms in total. The van der Waals surface area contributed by atoms with E-state index in [2.05, 4.69) is 6.92 Å². The summed E-state index contributed by atoms with van der Waals surface area (Å²) in [6.45, 7) is 5.76. The summed E-state index contributed by atoms with van der Waals surface area (Å²) in [4.78, 5) is 0. The van der Waals surface area contributed by atoms with Crippen molar-refractivity contribution in [3.63, 3.8) is 0 Å². The molecule has 0 heterocycles. The van der Waals surface area contributed by atoms with Crippen molar-refractivity contribution in [3.05, 3.63) is 41.3 Å². The lowest BCUT2D eigenvalue weighted by Gasteiger charge is -1.99. The smallest absolute Gasteiger partial charge is 0.0437 e. The lowest BCUT2D eigenvalue weighted by molar-refractivity contribution is 1.26. The summed E-state index contributed by atoms with van der Waals surface area (Å²) in [5.74, 6) is 0. The first-order chi connectivity index (χ1) is 4.74. The monoisotopic (exact) mass is 153 g/mol. The van der Waals surface area contributed by atoms with Crippen LogP contribution in [0.15, 0.2) is 18.2 Å². The van der Waals surface area contributed by atoms with Gasteiger partial charge in [0.25, 0.3) is 0 Å². The third kappa shape index (κ3) is 1.51. The average molecular weight is 154 g/mol. The highest BCUT2D eigenvalue weighted by atomic mass is 35.5. The quantitative estimate of drug-likeness (QED) is 0.582. The molecule has 0 N–H and O–H groups in total. The molecule has 0 aliphatic heterocycles. The van der Waals surface area contributed by atoms with Crippen molar-refractivity contribution < 1.29 is 0 Å². The summed E-state index contributed by atoms with van der Waals surface area (Å²) < 4.78 is 0. The van der Waals surface area contributed by atoms with Crippen LogP contribution >= 0.6 is 11.6 Å². The second-order valence-electron chi connectivity index (χ2n) is 2.33. The molecule has 1 radical (unpaired) electrons. The van der Waals surface area contributed by atoms with Crippen molar-refractivity contribution in [2.75, 3.05) is 0 Å². The topological polar surface area (TPSA) is 0 Å². The Balaban J connectivity index is 3.04. The molecule has 0 spiro atoms. The second kappa shape index (κ2) is 3.07. The Hall–Kier alpha value is -0.490. The van der Waals surface area contributed by atoms with Crippen LogP contribution in [0, 0.1) is 13.8 Å². The van der Waals surface area contributed by atoms with Crippen LogP contribution in [0.1, 0.15) is 11.1 Å². The van der Waals surface area contributed by atoms with Gasteiger partial charge in [0.2, 0.25) is 0 Å². The molecule has 0 aromatic heterocycles. The fourth-order valence-corrected chi connectivity index (χ4v) is 0.995. The maximum atomic E-state index is 5.86. The van der Waals surface area contributed by atoms with Crippen molar-refractivity contribution in [3.8, 4) is 0 Å². The Bertz CT molecular complexity index is 228. The van der Waals surface area contributed by atoms with Crippen LogP contribution < -0.4 is 0 Å². The molecule has 1 heteroatoms. The average Bonchev–Trinajstić information content (AvgIpc) is 1.95. The number of hydrogen-bond acceptors (Lipinski definition) is 0. The predicted octanol–water partition coefficient (Wildman–Crippen LogP) is 3.03. The predicted molar refractivity (Wildman–Crippen MR) is 45.3 cm³/mol. The van der Waals surface area contributed by atoms with E-state index in [1.54, 1.807) is 0 Å². The summed E-state index contributed by atoms with van der Waals surface area (Å²) in [7, 11) is 0. The SMILES string of the molecule is [CH2]Cc1ccc(C)c(Cl)c1. The molecule has 53 valence electrons. The van der Waals surface area contributed by atoms with Crippen LogP contribution in [-0.4, -0.2) is 0 Å². The van der Waals surface area contributed by atoms with E-state index in [1.807, 2.05) is 25.1 Å². The molecule has 0 amide bonds. The molecule has 0 saturated carbocycles. The number of halogens is 1. The molecule has 0 saturated heterocycles. The Morgan fingerprint density at radius 1 is 1.50 bits per heavy atom. The minimum atomic E-state index is 0.806. The third-order valence-corrected chi connectivity index (χ3v) is 1.93. The van der Waals surface area contributed by atoms with Gasteiger partial charge < -0.3 is 0 Å². The molecule has 10 heavy (non-hydrogen) atoms. The molecule has 0 bridgehead atoms. The van der Waals surface area contributed by atoms with Gasteiger partial charge in [-0.3, -0.25) is 0 Å². The van der Waals surface area contributed by atoms with Crippen LogP contribution in [0.3, 0.4) is 0 Å². The summed E-state index contributed by atoms with van der Waals surface area (Å²) in [6.07, 6.45) is 0.806. The molecule has 0 atom stereocenters. The van der Waals surface area contributed by atoms with E-state index in [0.717, 1.165) is 17.0 Å². The first-order valence-electron chi connectivity index (χ1n) is 3.28. The standard InChI is InChI=1S/C9H10Cl/c1-3-8-5-4-7(2)9(10)6-8/h4-6H,1,3H2,2H3. The summed E-state index contributed by atoms with van der Waals surface area (Å²) in [6, 6.07) is 6.03. The van der Waals surface area contributed by atoms with Crippen molar-refractivity contribution in [2.24, 2.45) is 0 Å². The highest BCUT2D eigenvalue weighted by molar-refractivity contribution is 6.31. The lowest BCUT2D eigenvalue weighted by Crippen LogP contribution is -1.81.